The topological polar surface area (TPSA) is 271 Å². The summed E-state index contributed by atoms with van der Waals surface area (Å²) in [6.07, 6.45) is -0.716. The molecule has 0 radical (unpaired) electrons. The van der Waals surface area contributed by atoms with Crippen LogP contribution >= 0.6 is 34.0 Å². The highest BCUT2D eigenvalue weighted by Crippen LogP contribution is 2.64. The van der Waals surface area contributed by atoms with Gasteiger partial charge in [-0.25, -0.2) is 53.9 Å². The molecule has 27 nitrogen and oxygen atoms in total. The van der Waals surface area contributed by atoms with Gasteiger partial charge in [0, 0.05) is 153 Å². The van der Waals surface area contributed by atoms with Gasteiger partial charge in [0.25, 0.3) is 54.4 Å². The summed E-state index contributed by atoms with van der Waals surface area (Å²) in [5, 5.41) is 10.6. The highest BCUT2D eigenvalue weighted by molar-refractivity contribution is 7.15. The van der Waals surface area contributed by atoms with Crippen LogP contribution in [0.3, 0.4) is 0 Å². The summed E-state index contributed by atoms with van der Waals surface area (Å²) in [6, 6.07) is 38.1. The van der Waals surface area contributed by atoms with Gasteiger partial charge < -0.3 is 57.3 Å². The van der Waals surface area contributed by atoms with Gasteiger partial charge in [-0.05, 0) is 121 Å². The molecule has 6 aliphatic carbocycles. The number of benzene rings is 7. The maximum atomic E-state index is 15.9. The molecule has 7 unspecified atom stereocenters. The molecule has 6 aromatic heterocycles. The quantitative estimate of drug-likeness (QED) is 0.0738. The first-order valence-electron chi connectivity index (χ1n) is 46.1. The first kappa shape index (κ1) is 89.0. The molecule has 15 heterocycles. The molecule has 9 atom stereocenters. The minimum Gasteiger partial charge on any atom is -0.444 e. The van der Waals surface area contributed by atoms with E-state index in [-0.39, 0.29) is 116 Å². The fourth-order valence-corrected chi connectivity index (χ4v) is 26.4. The molecule has 0 bridgehead atoms. The maximum Gasteiger partial charge on any atom is 0.342 e. The van der Waals surface area contributed by atoms with Crippen molar-refractivity contribution in [1.82, 2.24) is 28.7 Å². The molecule has 0 spiro atoms. The number of cyclic esters (lactones) is 3. The minimum absolute atomic E-state index is 0.0619. The van der Waals surface area contributed by atoms with Gasteiger partial charge in [-0.3, -0.25) is 57.8 Å². The first-order valence-corrected chi connectivity index (χ1v) is 48.7. The van der Waals surface area contributed by atoms with E-state index in [0.29, 0.717) is 66.8 Å². The van der Waals surface area contributed by atoms with Crippen LogP contribution in [0, 0.1) is 17.5 Å². The second-order valence-electron chi connectivity index (χ2n) is 37.0. The second kappa shape index (κ2) is 32.4. The third kappa shape index (κ3) is 13.1. The average Bonchev–Trinajstić information content (AvgIpc) is 1.52. The SMILES string of the molecule is CC1=CC(Oc2c3n(ccc2=O)N(C2c4ccccc4-c4scc5c4-c4c2ccc(F)c4C(F)(F)C5)C2COCCN2C3=O)OC1=O.CC1=CC(Oc2c3n(ccc2=O)N([C@@H]2c4ccccc4-c4scc5c4-c4c2ccc(F)c4C(F)(F)C5)[C@@H]2COCCN2C3=O)OC1=O.O=C1OC(Oc2c3n(ccc2=O)N(C2c4ccccc4-c4scc5c4-c4c2ccc(F)c4C(F)(F)C5)C2COCCN2C3=O)c2ccccc21. The minimum atomic E-state index is -3.47. The molecule has 15 aliphatic rings. The molecule has 0 N–H and O–H groups in total. The Morgan fingerprint density at radius 2 is 0.660 bits per heavy atom. The van der Waals surface area contributed by atoms with E-state index in [9.17, 15) is 43.2 Å². The number of ether oxygens (including phenoxy) is 9. The van der Waals surface area contributed by atoms with E-state index in [2.05, 4.69) is 0 Å². The summed E-state index contributed by atoms with van der Waals surface area (Å²) in [5.41, 5.74) is 6.34. The van der Waals surface area contributed by atoms with Gasteiger partial charge in [-0.1, -0.05) is 109 Å². The Labute approximate surface area is 819 Å². The second-order valence-corrected chi connectivity index (χ2v) is 39.6. The Bertz CT molecular complexity index is 7890. The molecule has 13 aromatic rings. The lowest BCUT2D eigenvalue weighted by molar-refractivity contribution is -0.149. The Balaban J connectivity index is 0.000000110. The number of carbonyl (C=O) groups is 6. The standard InChI is InChI=1S/C37H24F3N3O6S.2C34H24F3N3O6S/c38-24-10-9-23-28-27-18(15-37(39,40)29(24)28)17-50-33(27)20-6-2-1-5-19(20)30(23)43-26-16-47-14-13-41(26)34(45)31-32(25(44)11-12-42(31)43)48-36-22-8-4-3-7-21(22)35(46)49-36;2*1-16-12-24(46-33(16)43)45-30-22(41)8-9-39-29(30)32(42)38-10-11-44-14-23(38)40(39)28-18-4-2-3-5-19(18)31-25-17(15-47-31)13-34(36,37)27-21(35)7-6-20(28)26(25)27/h1-12,17,26,30,36H,13-16H2;2*2-9,12,15,23-24,28H,10-11,13-14H2,1H3/t;23-,24?,28-;/m.1./s1. The number of rotatable bonds is 9. The van der Waals surface area contributed by atoms with Crippen molar-refractivity contribution in [3.05, 3.63) is 353 Å². The zero-order valence-corrected chi connectivity index (χ0v) is 77.7. The average molecular weight is 2010 g/mol. The predicted octanol–water partition coefficient (Wildman–Crippen LogP) is 16.3. The number of esters is 3. The summed E-state index contributed by atoms with van der Waals surface area (Å²) >= 11 is 4.01. The number of carbonyl (C=O) groups excluding carboxylic acids is 6. The highest BCUT2D eigenvalue weighted by Gasteiger charge is 2.58. The number of alkyl halides is 6. The molecule has 0 saturated carbocycles. The molecule has 28 rings (SSSR count). The summed E-state index contributed by atoms with van der Waals surface area (Å²) in [5.74, 6) is -17.8. The van der Waals surface area contributed by atoms with Crippen molar-refractivity contribution in [1.29, 1.82) is 0 Å². The van der Waals surface area contributed by atoms with E-state index in [1.807, 2.05) is 87.8 Å². The highest BCUT2D eigenvalue weighted by atomic mass is 32.1. The number of hydrogen-bond donors (Lipinski definition) is 0. The van der Waals surface area contributed by atoms with Crippen molar-refractivity contribution in [2.24, 2.45) is 0 Å². The third-order valence-corrected chi connectivity index (χ3v) is 32.3. The van der Waals surface area contributed by atoms with Crippen molar-refractivity contribution in [2.75, 3.05) is 74.3 Å². The number of aromatic nitrogens is 3. The number of pyridine rings is 3. The zero-order valence-electron chi connectivity index (χ0n) is 75.2. The van der Waals surface area contributed by atoms with Crippen LogP contribution in [0.5, 0.6) is 17.2 Å². The third-order valence-electron chi connectivity index (χ3n) is 29.1. The Morgan fingerprint density at radius 1 is 0.347 bits per heavy atom. The molecular formula is C105H72F9N9O18S3. The molecule has 7 aromatic carbocycles. The summed E-state index contributed by atoms with van der Waals surface area (Å²) in [6.45, 7) is 4.48. The van der Waals surface area contributed by atoms with Crippen LogP contribution in [0.2, 0.25) is 0 Å². The number of fused-ring (bicyclic) bond motifs is 13. The molecule has 9 aliphatic heterocycles. The molecule has 3 saturated heterocycles. The fraction of sp³-hybridized carbons (Fsp3) is 0.248. The smallest absolute Gasteiger partial charge is 0.342 e. The first-order chi connectivity index (χ1) is 69.5. The van der Waals surface area contributed by atoms with E-state index in [1.165, 1.54) is 115 Å². The van der Waals surface area contributed by atoms with E-state index < -0.39 is 179 Å². The van der Waals surface area contributed by atoms with Crippen molar-refractivity contribution < 1.29 is 111 Å². The summed E-state index contributed by atoms with van der Waals surface area (Å²) < 4.78 is 198. The van der Waals surface area contributed by atoms with E-state index >= 15 is 39.5 Å². The van der Waals surface area contributed by atoms with Gasteiger partial charge in [0.05, 0.1) is 80.0 Å². The molecule has 3 fully saturated rings. The number of thiophene rings is 3. The zero-order chi connectivity index (χ0) is 98.8. The molecule has 39 heteroatoms. The molecule has 3 amide bonds. The lowest BCUT2D eigenvalue weighted by atomic mass is 9.80. The summed E-state index contributed by atoms with van der Waals surface area (Å²) in [7, 11) is 0. The monoisotopic (exact) mass is 2010 g/mol. The van der Waals surface area contributed by atoms with Crippen LogP contribution in [0.25, 0.3) is 64.7 Å². The van der Waals surface area contributed by atoms with Gasteiger partial charge in [-0.2, -0.15) is 0 Å². The number of nitrogens with zero attached hydrogens (tertiary/aromatic N) is 9. The van der Waals surface area contributed by atoms with Gasteiger partial charge in [-0.15, -0.1) is 34.0 Å². The number of morpholine rings is 3. The van der Waals surface area contributed by atoms with Crippen molar-refractivity contribution in [3.8, 4) is 82.0 Å². The lowest BCUT2D eigenvalue weighted by Crippen LogP contribution is -2.66. The Kier molecular flexibility index (Phi) is 20.0. The number of hydrogen-bond acceptors (Lipinski definition) is 24. The maximum absolute atomic E-state index is 15.9. The van der Waals surface area contributed by atoms with Crippen LogP contribution in [0.4, 0.5) is 39.5 Å². The lowest BCUT2D eigenvalue weighted by Gasteiger charge is -2.51. The van der Waals surface area contributed by atoms with Gasteiger partial charge in [0.15, 0.2) is 17.1 Å². The largest absolute Gasteiger partial charge is 0.444 e. The van der Waals surface area contributed by atoms with E-state index in [4.69, 9.17) is 42.6 Å². The molecule has 144 heavy (non-hydrogen) atoms. The molecular weight excluding hydrogens is 1940 g/mol. The Morgan fingerprint density at radius 3 is 0.986 bits per heavy atom. The van der Waals surface area contributed by atoms with Crippen molar-refractivity contribution in [3.63, 3.8) is 0 Å². The van der Waals surface area contributed by atoms with Crippen LogP contribution in [-0.2, 0) is 75.0 Å². The number of halogens is 9. The van der Waals surface area contributed by atoms with E-state index in [0.717, 1.165) is 66.2 Å². The predicted molar refractivity (Wildman–Crippen MR) is 501 cm³/mol. The van der Waals surface area contributed by atoms with Crippen LogP contribution in [0.1, 0.15) is 152 Å². The van der Waals surface area contributed by atoms with E-state index in [1.54, 1.807) is 69.0 Å². The van der Waals surface area contributed by atoms with Crippen LogP contribution in [0.15, 0.2) is 224 Å². The van der Waals surface area contributed by atoms with Gasteiger partial charge in [0.1, 0.15) is 35.9 Å². The molecule has 726 valence electrons. The van der Waals surface area contributed by atoms with Crippen molar-refractivity contribution in [2.45, 2.75) is 106 Å². The Hall–Kier alpha value is -15.2. The van der Waals surface area contributed by atoms with Crippen LogP contribution < -0.4 is 45.5 Å². The van der Waals surface area contributed by atoms with Gasteiger partial charge in [0.2, 0.25) is 33.5 Å². The fourth-order valence-electron chi connectivity index (χ4n) is 23.1. The normalized spacial score (nSPS) is 22.8. The number of amides is 3. The van der Waals surface area contributed by atoms with Gasteiger partial charge >= 0.3 is 17.9 Å². The summed E-state index contributed by atoms with van der Waals surface area (Å²) in [4.78, 5) is 127. The van der Waals surface area contributed by atoms with Crippen LogP contribution in [-0.4, -0.2) is 155 Å². The van der Waals surface area contributed by atoms with Crippen molar-refractivity contribution >= 4 is 69.6 Å².